The Morgan fingerprint density at radius 2 is 2.12 bits per heavy atom. The Bertz CT molecular complexity index is 708. The van der Waals surface area contributed by atoms with Crippen molar-refractivity contribution >= 4 is 23.4 Å². The van der Waals surface area contributed by atoms with Gasteiger partial charge in [0, 0.05) is 17.9 Å². The maximum atomic E-state index is 12.4. The number of rotatable bonds is 5. The minimum atomic E-state index is -0.466. The van der Waals surface area contributed by atoms with Gasteiger partial charge >= 0.3 is 12.1 Å². The molecule has 1 aromatic rings. The summed E-state index contributed by atoms with van der Waals surface area (Å²) in [5.74, 6) is 0.00610. The second-order valence-electron chi connectivity index (χ2n) is 8.64. The van der Waals surface area contributed by atoms with Gasteiger partial charge in [-0.2, -0.15) is 0 Å². The number of esters is 1. The first-order chi connectivity index (χ1) is 12.1. The van der Waals surface area contributed by atoms with Gasteiger partial charge in [0.1, 0.15) is 12.2 Å². The van der Waals surface area contributed by atoms with Crippen molar-refractivity contribution in [2.24, 2.45) is 17.3 Å². The van der Waals surface area contributed by atoms with Gasteiger partial charge in [0.2, 0.25) is 0 Å². The molecule has 6 heteroatoms. The molecule has 1 aliphatic carbocycles. The van der Waals surface area contributed by atoms with Crippen molar-refractivity contribution in [3.63, 3.8) is 0 Å². The summed E-state index contributed by atoms with van der Waals surface area (Å²) in [6.45, 7) is 11.6. The summed E-state index contributed by atoms with van der Waals surface area (Å²) >= 11 is 0. The van der Waals surface area contributed by atoms with Crippen LogP contribution in [0.15, 0.2) is 24.3 Å². The van der Waals surface area contributed by atoms with E-state index in [-0.39, 0.29) is 29.3 Å². The largest absolute Gasteiger partial charge is 0.460 e. The van der Waals surface area contributed by atoms with Crippen LogP contribution < -0.4 is 10.2 Å². The monoisotopic (exact) mass is 360 g/mol. The summed E-state index contributed by atoms with van der Waals surface area (Å²) < 4.78 is 10.5. The summed E-state index contributed by atoms with van der Waals surface area (Å²) in [6, 6.07) is 7.70. The van der Waals surface area contributed by atoms with E-state index in [9.17, 15) is 9.59 Å². The van der Waals surface area contributed by atoms with E-state index in [1.165, 1.54) is 0 Å². The second kappa shape index (κ2) is 6.49. The summed E-state index contributed by atoms with van der Waals surface area (Å²) in [6.07, 6.45) is -0.310. The Hall–Kier alpha value is -2.24. The molecular formula is C20H28N2O4. The standard InChI is InChI=1S/C20H28N2O4/c1-19(2,3)26-17(23)16-15(20(16,4)5)12-21-13-7-6-8-14(11-13)22-9-10-25-18(22)24/h6-8,11,15-16,21H,9-10,12H2,1-5H3/t15-,16+/m1/s1. The Labute approximate surface area is 154 Å². The molecule has 1 aromatic carbocycles. The lowest BCUT2D eigenvalue weighted by atomic mass is 10.1. The Morgan fingerprint density at radius 3 is 2.73 bits per heavy atom. The predicted molar refractivity (Wildman–Crippen MR) is 100 cm³/mol. The maximum Gasteiger partial charge on any atom is 0.414 e. The van der Waals surface area contributed by atoms with Gasteiger partial charge < -0.3 is 14.8 Å². The van der Waals surface area contributed by atoms with Gasteiger partial charge in [0.05, 0.1) is 12.5 Å². The van der Waals surface area contributed by atoms with Gasteiger partial charge in [-0.05, 0) is 50.3 Å². The number of cyclic esters (lactones) is 1. The van der Waals surface area contributed by atoms with Crippen LogP contribution in [0.2, 0.25) is 0 Å². The van der Waals surface area contributed by atoms with E-state index in [0.29, 0.717) is 19.7 Å². The van der Waals surface area contributed by atoms with E-state index in [4.69, 9.17) is 9.47 Å². The van der Waals surface area contributed by atoms with E-state index in [2.05, 4.69) is 19.2 Å². The number of carbonyl (C=O) groups excluding carboxylic acids is 2. The van der Waals surface area contributed by atoms with E-state index in [1.54, 1.807) is 4.90 Å². The van der Waals surface area contributed by atoms with E-state index in [0.717, 1.165) is 11.4 Å². The highest BCUT2D eigenvalue weighted by Gasteiger charge is 2.62. The number of nitrogens with one attached hydrogen (secondary N) is 1. The van der Waals surface area contributed by atoms with Crippen LogP contribution >= 0.6 is 0 Å². The molecule has 0 unspecified atom stereocenters. The molecule has 0 spiro atoms. The minimum absolute atomic E-state index is 0.0777. The molecule has 1 N–H and O–H groups in total. The molecule has 2 atom stereocenters. The van der Waals surface area contributed by atoms with Crippen LogP contribution in [0.25, 0.3) is 0 Å². The van der Waals surface area contributed by atoms with Crippen molar-refractivity contribution in [1.82, 2.24) is 0 Å². The Morgan fingerprint density at radius 1 is 1.38 bits per heavy atom. The van der Waals surface area contributed by atoms with E-state index < -0.39 is 5.60 Å². The summed E-state index contributed by atoms with van der Waals surface area (Å²) in [4.78, 5) is 25.7. The molecular weight excluding hydrogens is 332 g/mol. The molecule has 1 aliphatic heterocycles. The van der Waals surface area contributed by atoms with Crippen molar-refractivity contribution in [2.45, 2.75) is 40.2 Å². The zero-order valence-corrected chi connectivity index (χ0v) is 16.2. The van der Waals surface area contributed by atoms with Crippen molar-refractivity contribution in [3.05, 3.63) is 24.3 Å². The topological polar surface area (TPSA) is 67.9 Å². The number of hydrogen-bond donors (Lipinski definition) is 1. The number of amides is 1. The molecule has 0 aromatic heterocycles. The molecule has 1 saturated carbocycles. The number of nitrogens with zero attached hydrogens (tertiary/aromatic N) is 1. The first-order valence-electron chi connectivity index (χ1n) is 9.11. The average molecular weight is 360 g/mol. The van der Waals surface area contributed by atoms with Crippen LogP contribution in [-0.4, -0.2) is 37.4 Å². The van der Waals surface area contributed by atoms with Gasteiger partial charge in [-0.3, -0.25) is 9.69 Å². The third kappa shape index (κ3) is 3.79. The zero-order valence-electron chi connectivity index (χ0n) is 16.2. The van der Waals surface area contributed by atoms with E-state index >= 15 is 0 Å². The molecule has 3 rings (SSSR count). The van der Waals surface area contributed by atoms with Crippen LogP contribution in [0.1, 0.15) is 34.6 Å². The number of hydrogen-bond acceptors (Lipinski definition) is 5. The summed E-state index contributed by atoms with van der Waals surface area (Å²) in [5.41, 5.74) is 1.20. The molecule has 2 aliphatic rings. The molecule has 0 bridgehead atoms. The van der Waals surface area contributed by atoms with Crippen molar-refractivity contribution in [2.75, 3.05) is 29.9 Å². The van der Waals surface area contributed by atoms with Gasteiger partial charge in [-0.1, -0.05) is 19.9 Å². The SMILES string of the molecule is CC(C)(C)OC(=O)[C@@H]1[C@@H](CNc2cccc(N3CCOC3=O)c2)C1(C)C. The summed E-state index contributed by atoms with van der Waals surface area (Å²) in [7, 11) is 0. The second-order valence-corrected chi connectivity index (χ2v) is 8.64. The van der Waals surface area contributed by atoms with Crippen LogP contribution in [0.3, 0.4) is 0 Å². The predicted octanol–water partition coefficient (Wildman–Crippen LogP) is 3.67. The molecule has 26 heavy (non-hydrogen) atoms. The first-order valence-corrected chi connectivity index (χ1v) is 9.11. The molecule has 0 radical (unpaired) electrons. The minimum Gasteiger partial charge on any atom is -0.460 e. The Balaban J connectivity index is 1.61. The molecule has 2 fully saturated rings. The fraction of sp³-hybridized carbons (Fsp3) is 0.600. The van der Waals surface area contributed by atoms with Crippen LogP contribution in [-0.2, 0) is 14.3 Å². The molecule has 1 heterocycles. The van der Waals surface area contributed by atoms with Crippen LogP contribution in [0.4, 0.5) is 16.2 Å². The highest BCUT2D eigenvalue weighted by atomic mass is 16.6. The quantitative estimate of drug-likeness (QED) is 0.812. The van der Waals surface area contributed by atoms with Crippen LogP contribution in [0, 0.1) is 17.3 Å². The molecule has 1 amide bonds. The third-order valence-corrected chi connectivity index (χ3v) is 5.16. The average Bonchev–Trinajstić information content (AvgIpc) is 2.85. The number of ether oxygens (including phenoxy) is 2. The smallest absolute Gasteiger partial charge is 0.414 e. The molecule has 142 valence electrons. The van der Waals surface area contributed by atoms with Crippen molar-refractivity contribution in [1.29, 1.82) is 0 Å². The normalized spacial score (nSPS) is 24.2. The van der Waals surface area contributed by atoms with Crippen molar-refractivity contribution in [3.8, 4) is 0 Å². The molecule has 6 nitrogen and oxygen atoms in total. The summed E-state index contributed by atoms with van der Waals surface area (Å²) in [5, 5.41) is 3.40. The van der Waals surface area contributed by atoms with Crippen molar-refractivity contribution < 1.29 is 19.1 Å². The highest BCUT2D eigenvalue weighted by Crippen LogP contribution is 2.58. The van der Waals surface area contributed by atoms with Gasteiger partial charge in [0.25, 0.3) is 0 Å². The van der Waals surface area contributed by atoms with Crippen LogP contribution in [0.5, 0.6) is 0 Å². The number of carbonyl (C=O) groups is 2. The molecule has 1 saturated heterocycles. The lowest BCUT2D eigenvalue weighted by molar-refractivity contribution is -0.157. The fourth-order valence-corrected chi connectivity index (χ4v) is 3.60. The van der Waals surface area contributed by atoms with Gasteiger partial charge in [-0.15, -0.1) is 0 Å². The fourth-order valence-electron chi connectivity index (χ4n) is 3.60. The third-order valence-electron chi connectivity index (χ3n) is 5.16. The van der Waals surface area contributed by atoms with E-state index in [1.807, 2.05) is 45.0 Å². The van der Waals surface area contributed by atoms with Gasteiger partial charge in [0.15, 0.2) is 0 Å². The zero-order chi connectivity index (χ0) is 19.1. The first kappa shape index (κ1) is 18.5. The lowest BCUT2D eigenvalue weighted by Gasteiger charge is -2.20. The lowest BCUT2D eigenvalue weighted by Crippen LogP contribution is -2.26. The highest BCUT2D eigenvalue weighted by molar-refractivity contribution is 5.90. The Kier molecular flexibility index (Phi) is 4.63. The number of anilines is 2. The van der Waals surface area contributed by atoms with Gasteiger partial charge in [-0.25, -0.2) is 4.79 Å². The number of benzene rings is 1. The maximum absolute atomic E-state index is 12.4.